The van der Waals surface area contributed by atoms with Gasteiger partial charge in [-0.3, -0.25) is 9.59 Å². The average molecular weight is 428 g/mol. The standard InChI is InChI=1S/C24H29NO4S/c1-14-5-10-19-18(12-14)22(26)20-21(15-6-8-17(30-2)9-7-15)25(24(27)23(20)29-19)13-16-4-3-11-28-16/h6-9,14,16,18-19,21H,3-5,10-13H2,1-2H3. The summed E-state index contributed by atoms with van der Waals surface area (Å²) in [4.78, 5) is 30.1. The van der Waals surface area contributed by atoms with Gasteiger partial charge in [-0.1, -0.05) is 19.1 Å². The van der Waals surface area contributed by atoms with Crippen LogP contribution in [0, 0.1) is 11.8 Å². The molecule has 0 spiro atoms. The summed E-state index contributed by atoms with van der Waals surface area (Å²) >= 11 is 1.68. The molecule has 1 saturated carbocycles. The van der Waals surface area contributed by atoms with E-state index in [2.05, 4.69) is 19.1 Å². The zero-order valence-electron chi connectivity index (χ0n) is 17.6. The van der Waals surface area contributed by atoms with Gasteiger partial charge in [-0.2, -0.15) is 0 Å². The Hall–Kier alpha value is -1.79. The van der Waals surface area contributed by atoms with Gasteiger partial charge in [0.15, 0.2) is 11.5 Å². The molecule has 2 fully saturated rings. The normalized spacial score (nSPS) is 33.5. The first-order valence-electron chi connectivity index (χ1n) is 11.1. The van der Waals surface area contributed by atoms with Crippen LogP contribution in [0.3, 0.4) is 0 Å². The number of amides is 1. The molecule has 5 nitrogen and oxygen atoms in total. The quantitative estimate of drug-likeness (QED) is 0.677. The minimum Gasteiger partial charge on any atom is -0.483 e. The van der Waals surface area contributed by atoms with E-state index in [1.54, 1.807) is 11.8 Å². The predicted octanol–water partition coefficient (Wildman–Crippen LogP) is 4.13. The van der Waals surface area contributed by atoms with Crippen molar-refractivity contribution in [3.63, 3.8) is 0 Å². The topological polar surface area (TPSA) is 55.8 Å². The Morgan fingerprint density at radius 2 is 1.93 bits per heavy atom. The fraction of sp³-hybridized carbons (Fsp3) is 0.583. The molecule has 3 heterocycles. The highest BCUT2D eigenvalue weighted by molar-refractivity contribution is 7.98. The molecule has 5 rings (SSSR count). The lowest BCUT2D eigenvalue weighted by atomic mass is 9.74. The highest BCUT2D eigenvalue weighted by Gasteiger charge is 2.52. The molecule has 0 bridgehead atoms. The van der Waals surface area contributed by atoms with Crippen LogP contribution in [0.2, 0.25) is 0 Å². The van der Waals surface area contributed by atoms with Crippen molar-refractivity contribution in [3.05, 3.63) is 41.2 Å². The third kappa shape index (κ3) is 3.38. The van der Waals surface area contributed by atoms with Gasteiger partial charge >= 0.3 is 0 Å². The number of benzene rings is 1. The SMILES string of the molecule is CSc1ccc(C2C3=C(OC4CCC(C)CC4C3=O)C(=O)N2CC2CCCO2)cc1. The number of hydrogen-bond acceptors (Lipinski definition) is 5. The monoisotopic (exact) mass is 427 g/mol. The first kappa shape index (κ1) is 20.1. The third-order valence-corrected chi connectivity index (χ3v) is 7.80. The lowest BCUT2D eigenvalue weighted by molar-refractivity contribution is -0.136. The van der Waals surface area contributed by atoms with E-state index in [9.17, 15) is 9.59 Å². The second kappa shape index (κ2) is 8.04. The van der Waals surface area contributed by atoms with Gasteiger partial charge in [0.2, 0.25) is 0 Å². The van der Waals surface area contributed by atoms with E-state index in [4.69, 9.17) is 9.47 Å². The Labute approximate surface area is 182 Å². The van der Waals surface area contributed by atoms with Crippen LogP contribution in [0.4, 0.5) is 0 Å². The molecule has 5 unspecified atom stereocenters. The Kier molecular flexibility index (Phi) is 5.40. The Bertz CT molecular complexity index is 874. The van der Waals surface area contributed by atoms with Gasteiger partial charge in [0, 0.05) is 18.0 Å². The maximum atomic E-state index is 13.7. The number of nitrogens with zero attached hydrogens (tertiary/aromatic N) is 1. The molecular weight excluding hydrogens is 398 g/mol. The number of rotatable bonds is 4. The summed E-state index contributed by atoms with van der Waals surface area (Å²) in [6, 6.07) is 7.84. The largest absolute Gasteiger partial charge is 0.483 e. The second-order valence-electron chi connectivity index (χ2n) is 9.06. The zero-order chi connectivity index (χ0) is 20.8. The molecule has 0 radical (unpaired) electrons. The maximum absolute atomic E-state index is 13.7. The molecule has 4 aliphatic rings. The van der Waals surface area contributed by atoms with Gasteiger partial charge in [0.1, 0.15) is 6.10 Å². The van der Waals surface area contributed by atoms with E-state index < -0.39 is 0 Å². The molecular formula is C24H29NO4S. The predicted molar refractivity (Wildman–Crippen MR) is 115 cm³/mol. The van der Waals surface area contributed by atoms with Crippen molar-refractivity contribution in [2.75, 3.05) is 19.4 Å². The minimum absolute atomic E-state index is 0.0284. The van der Waals surface area contributed by atoms with Crippen LogP contribution in [0.15, 0.2) is 40.5 Å². The lowest BCUT2D eigenvalue weighted by Gasteiger charge is -2.37. The molecule has 1 saturated heterocycles. The molecule has 6 heteroatoms. The maximum Gasteiger partial charge on any atom is 0.290 e. The average Bonchev–Trinajstić information content (AvgIpc) is 3.37. The molecule has 1 aromatic carbocycles. The van der Waals surface area contributed by atoms with Crippen LogP contribution < -0.4 is 0 Å². The molecule has 30 heavy (non-hydrogen) atoms. The first-order chi connectivity index (χ1) is 14.6. The fourth-order valence-electron chi connectivity index (χ4n) is 5.45. The van der Waals surface area contributed by atoms with Crippen molar-refractivity contribution in [1.29, 1.82) is 0 Å². The van der Waals surface area contributed by atoms with Gasteiger partial charge < -0.3 is 14.4 Å². The van der Waals surface area contributed by atoms with Crippen molar-refractivity contribution in [2.24, 2.45) is 11.8 Å². The van der Waals surface area contributed by atoms with Crippen molar-refractivity contribution < 1.29 is 19.1 Å². The van der Waals surface area contributed by atoms with E-state index in [0.29, 0.717) is 23.8 Å². The zero-order valence-corrected chi connectivity index (χ0v) is 18.5. The highest BCUT2D eigenvalue weighted by Crippen LogP contribution is 2.47. The fourth-order valence-corrected chi connectivity index (χ4v) is 5.86. The third-order valence-electron chi connectivity index (χ3n) is 7.06. The number of Topliss-reactive ketones (excluding diaryl/α,β-unsaturated/α-hetero) is 1. The smallest absolute Gasteiger partial charge is 0.290 e. The number of fused-ring (bicyclic) bond motifs is 1. The summed E-state index contributed by atoms with van der Waals surface area (Å²) in [5, 5.41) is 0. The molecule has 1 aliphatic carbocycles. The van der Waals surface area contributed by atoms with E-state index in [1.165, 1.54) is 0 Å². The molecule has 5 atom stereocenters. The van der Waals surface area contributed by atoms with Crippen LogP contribution in [0.1, 0.15) is 50.6 Å². The molecule has 160 valence electrons. The van der Waals surface area contributed by atoms with Crippen molar-refractivity contribution in [2.45, 2.75) is 62.2 Å². The van der Waals surface area contributed by atoms with Gasteiger partial charge in [-0.15, -0.1) is 11.8 Å². The lowest BCUT2D eigenvalue weighted by Crippen LogP contribution is -2.41. The van der Waals surface area contributed by atoms with Gasteiger partial charge in [-0.05, 0) is 62.0 Å². The number of thioether (sulfide) groups is 1. The second-order valence-corrected chi connectivity index (χ2v) is 9.94. The summed E-state index contributed by atoms with van der Waals surface area (Å²) in [5.41, 5.74) is 1.55. The highest BCUT2D eigenvalue weighted by atomic mass is 32.2. The number of ether oxygens (including phenoxy) is 2. The van der Waals surface area contributed by atoms with Crippen molar-refractivity contribution in [3.8, 4) is 0 Å². The Balaban J connectivity index is 1.53. The number of ketones is 1. The van der Waals surface area contributed by atoms with Crippen LogP contribution in [0.25, 0.3) is 0 Å². The van der Waals surface area contributed by atoms with Gasteiger partial charge in [-0.25, -0.2) is 0 Å². The Morgan fingerprint density at radius 1 is 1.13 bits per heavy atom. The summed E-state index contributed by atoms with van der Waals surface area (Å²) in [7, 11) is 0. The molecule has 0 aromatic heterocycles. The number of hydrogen-bond donors (Lipinski definition) is 0. The van der Waals surface area contributed by atoms with Gasteiger partial charge in [0.05, 0.1) is 23.6 Å². The molecule has 0 N–H and O–H groups in total. The van der Waals surface area contributed by atoms with E-state index in [0.717, 1.165) is 49.2 Å². The molecule has 1 aromatic rings. The van der Waals surface area contributed by atoms with Gasteiger partial charge in [0.25, 0.3) is 5.91 Å². The molecule has 3 aliphatic heterocycles. The van der Waals surface area contributed by atoms with Crippen molar-refractivity contribution in [1.82, 2.24) is 4.90 Å². The minimum atomic E-state index is -0.377. The first-order valence-corrected chi connectivity index (χ1v) is 12.3. The van der Waals surface area contributed by atoms with Crippen LogP contribution in [-0.4, -0.2) is 48.2 Å². The summed E-state index contributed by atoms with van der Waals surface area (Å²) in [5.74, 6) is 0.656. The van der Waals surface area contributed by atoms with Crippen molar-refractivity contribution >= 4 is 23.5 Å². The summed E-state index contributed by atoms with van der Waals surface area (Å²) < 4.78 is 12.1. The molecule has 1 amide bonds. The number of carbonyl (C=O) groups excluding carboxylic acids is 2. The van der Waals surface area contributed by atoms with Crippen LogP contribution in [0.5, 0.6) is 0 Å². The van der Waals surface area contributed by atoms with E-state index in [1.807, 2.05) is 23.3 Å². The summed E-state index contributed by atoms with van der Waals surface area (Å²) in [6.45, 7) is 3.45. The Morgan fingerprint density at radius 3 is 2.63 bits per heavy atom. The number of carbonyl (C=O) groups is 2. The van der Waals surface area contributed by atoms with E-state index >= 15 is 0 Å². The summed E-state index contributed by atoms with van der Waals surface area (Å²) in [6.07, 6.45) is 6.62. The van der Waals surface area contributed by atoms with Crippen LogP contribution in [-0.2, 0) is 19.1 Å². The van der Waals surface area contributed by atoms with E-state index in [-0.39, 0.29) is 35.9 Å². The van der Waals surface area contributed by atoms with Crippen LogP contribution >= 0.6 is 11.8 Å².